The molecule has 0 atom stereocenters. The lowest BCUT2D eigenvalue weighted by Crippen LogP contribution is -2.16. The van der Waals surface area contributed by atoms with Crippen LogP contribution < -0.4 is 0 Å². The monoisotopic (exact) mass is 360 g/mol. The van der Waals surface area contributed by atoms with Gasteiger partial charge in [-0.3, -0.25) is 0 Å². The molecule has 0 bridgehead atoms. The molecule has 0 unspecified atom stereocenters. The number of aryl methyl sites for hydroxylation is 2. The molecular weight excluding hydrogens is 324 g/mol. The van der Waals surface area contributed by atoms with Gasteiger partial charge in [-0.05, 0) is 114 Å². The summed E-state index contributed by atoms with van der Waals surface area (Å²) in [6.07, 6.45) is 13.5. The van der Waals surface area contributed by atoms with Gasteiger partial charge in [-0.1, -0.05) is 52.5 Å². The molecule has 0 heteroatoms. The second kappa shape index (κ2) is 7.82. The zero-order valence-corrected chi connectivity index (χ0v) is 17.9. The van der Waals surface area contributed by atoms with Crippen molar-refractivity contribution in [3.8, 4) is 0 Å². The number of benzene rings is 1. The van der Waals surface area contributed by atoms with Gasteiger partial charge in [-0.15, -0.1) is 0 Å². The van der Waals surface area contributed by atoms with Gasteiger partial charge in [0, 0.05) is 0 Å². The zero-order chi connectivity index (χ0) is 19.0. The molecule has 0 aromatic heterocycles. The van der Waals surface area contributed by atoms with Gasteiger partial charge < -0.3 is 0 Å². The Kier molecular flexibility index (Phi) is 5.44. The summed E-state index contributed by atoms with van der Waals surface area (Å²) in [4.78, 5) is 0. The van der Waals surface area contributed by atoms with Crippen molar-refractivity contribution in [3.05, 3.63) is 62.8 Å². The van der Waals surface area contributed by atoms with Crippen molar-refractivity contribution >= 4 is 5.57 Å². The maximum atomic E-state index is 2.46. The van der Waals surface area contributed by atoms with Crippen LogP contribution in [0.15, 0.2) is 46.1 Å². The third-order valence-electron chi connectivity index (χ3n) is 7.46. The topological polar surface area (TPSA) is 0 Å². The molecule has 0 amide bonds. The summed E-state index contributed by atoms with van der Waals surface area (Å²) in [5.41, 5.74) is 14.5. The Morgan fingerprint density at radius 2 is 1.56 bits per heavy atom. The molecule has 0 aliphatic heterocycles. The average molecular weight is 361 g/mol. The summed E-state index contributed by atoms with van der Waals surface area (Å²) in [6.45, 7) is 9.40. The molecule has 0 radical (unpaired) electrons. The fourth-order valence-corrected chi connectivity index (χ4v) is 4.95. The first-order valence-electron chi connectivity index (χ1n) is 11.2. The predicted molar refractivity (Wildman–Crippen MR) is 118 cm³/mol. The molecule has 0 saturated heterocycles. The van der Waals surface area contributed by atoms with Gasteiger partial charge in [-0.25, -0.2) is 0 Å². The second-order valence-corrected chi connectivity index (χ2v) is 9.35. The highest BCUT2D eigenvalue weighted by atomic mass is 14.3. The Morgan fingerprint density at radius 1 is 0.889 bits per heavy atom. The van der Waals surface area contributed by atoms with Crippen molar-refractivity contribution in [2.75, 3.05) is 0 Å². The van der Waals surface area contributed by atoms with E-state index < -0.39 is 0 Å². The lowest BCUT2D eigenvalue weighted by atomic mass is 9.72. The van der Waals surface area contributed by atoms with Gasteiger partial charge in [-0.2, -0.15) is 0 Å². The van der Waals surface area contributed by atoms with E-state index >= 15 is 0 Å². The van der Waals surface area contributed by atoms with Crippen molar-refractivity contribution in [2.24, 2.45) is 5.92 Å². The van der Waals surface area contributed by atoms with E-state index in [1.807, 2.05) is 0 Å². The molecule has 3 saturated carbocycles. The van der Waals surface area contributed by atoms with Crippen LogP contribution in [0.3, 0.4) is 0 Å². The minimum absolute atomic E-state index is 0.834. The average Bonchev–Trinajstić information content (AvgIpc) is 2.45. The summed E-state index contributed by atoms with van der Waals surface area (Å²) >= 11 is 0. The third kappa shape index (κ3) is 3.73. The highest BCUT2D eigenvalue weighted by Gasteiger charge is 2.27. The lowest BCUT2D eigenvalue weighted by molar-refractivity contribution is 0.366. The summed E-state index contributed by atoms with van der Waals surface area (Å²) in [5.74, 6) is 0.834. The number of rotatable bonds is 5. The molecule has 144 valence electrons. The number of allylic oxidation sites excluding steroid dienone is 6. The zero-order valence-electron chi connectivity index (χ0n) is 17.9. The summed E-state index contributed by atoms with van der Waals surface area (Å²) < 4.78 is 0. The van der Waals surface area contributed by atoms with Crippen LogP contribution >= 0.6 is 0 Å². The third-order valence-corrected chi connectivity index (χ3v) is 7.46. The van der Waals surface area contributed by atoms with Crippen LogP contribution in [-0.2, 0) is 0 Å². The van der Waals surface area contributed by atoms with E-state index in [2.05, 4.69) is 45.9 Å². The van der Waals surface area contributed by atoms with Gasteiger partial charge in [0.25, 0.3) is 0 Å². The van der Waals surface area contributed by atoms with Crippen LogP contribution in [0.5, 0.6) is 0 Å². The molecule has 27 heavy (non-hydrogen) atoms. The molecule has 1 aromatic rings. The van der Waals surface area contributed by atoms with E-state index in [0.717, 1.165) is 5.92 Å². The van der Waals surface area contributed by atoms with Crippen LogP contribution in [0.25, 0.3) is 5.57 Å². The second-order valence-electron chi connectivity index (χ2n) is 9.35. The first-order valence-corrected chi connectivity index (χ1v) is 11.2. The molecule has 3 fully saturated rings. The van der Waals surface area contributed by atoms with Crippen molar-refractivity contribution in [1.82, 2.24) is 0 Å². The van der Waals surface area contributed by atoms with Gasteiger partial charge in [0.2, 0.25) is 0 Å². The van der Waals surface area contributed by atoms with E-state index in [0.29, 0.717) is 0 Å². The van der Waals surface area contributed by atoms with E-state index in [1.54, 1.807) is 33.4 Å². The van der Waals surface area contributed by atoms with Gasteiger partial charge in [0.1, 0.15) is 0 Å². The number of hydrogen-bond donors (Lipinski definition) is 0. The van der Waals surface area contributed by atoms with Gasteiger partial charge in [0.15, 0.2) is 0 Å². The van der Waals surface area contributed by atoms with Crippen LogP contribution in [0, 0.1) is 19.8 Å². The molecule has 0 nitrogen and oxygen atoms in total. The quantitative estimate of drug-likeness (QED) is 0.464. The first kappa shape index (κ1) is 18.8. The maximum Gasteiger partial charge on any atom is -0.00615 e. The predicted octanol–water partition coefficient (Wildman–Crippen LogP) is 8.25. The summed E-state index contributed by atoms with van der Waals surface area (Å²) in [7, 11) is 0. The van der Waals surface area contributed by atoms with E-state index in [9.17, 15) is 0 Å². The molecule has 0 spiro atoms. The molecule has 3 aliphatic rings. The van der Waals surface area contributed by atoms with Crippen molar-refractivity contribution in [1.29, 1.82) is 0 Å². The van der Waals surface area contributed by atoms with E-state index in [1.165, 1.54) is 80.9 Å². The summed E-state index contributed by atoms with van der Waals surface area (Å²) in [5, 5.41) is 0. The molecule has 1 aromatic carbocycles. The van der Waals surface area contributed by atoms with Crippen molar-refractivity contribution in [3.63, 3.8) is 0 Å². The lowest BCUT2D eigenvalue weighted by Gasteiger charge is -2.33. The highest BCUT2D eigenvalue weighted by Crippen LogP contribution is 2.46. The Bertz CT molecular complexity index is 812. The normalized spacial score (nSPS) is 20.4. The molecule has 4 rings (SSSR count). The van der Waals surface area contributed by atoms with Crippen LogP contribution in [0.2, 0.25) is 0 Å². The highest BCUT2D eigenvalue weighted by molar-refractivity contribution is 5.85. The van der Waals surface area contributed by atoms with Gasteiger partial charge >= 0.3 is 0 Å². The minimum Gasteiger partial charge on any atom is -0.0709 e. The Morgan fingerprint density at radius 3 is 2.04 bits per heavy atom. The standard InChI is InChI=1S/C27H36/c1-18-14-15-25(20(3)16-18)27(24-12-7-13-24)26(21(4)23-10-6-11-23)17-19(2)22-8-5-9-22/h14-16,23H,5-13,17H2,1-4H3. The molecule has 0 heterocycles. The fraction of sp³-hybridized carbons (Fsp3) is 0.556. The first-order chi connectivity index (χ1) is 13.0. The molecule has 0 N–H and O–H groups in total. The van der Waals surface area contributed by atoms with Crippen LogP contribution in [0.4, 0.5) is 0 Å². The van der Waals surface area contributed by atoms with Crippen molar-refractivity contribution in [2.45, 2.75) is 91.9 Å². The molecular formula is C27H36. The minimum atomic E-state index is 0.834. The van der Waals surface area contributed by atoms with Crippen molar-refractivity contribution < 1.29 is 0 Å². The fourth-order valence-electron chi connectivity index (χ4n) is 4.95. The van der Waals surface area contributed by atoms with Gasteiger partial charge in [0.05, 0.1) is 0 Å². The smallest absolute Gasteiger partial charge is 0.00615 e. The Hall–Kier alpha value is -1.56. The van der Waals surface area contributed by atoms with E-state index in [4.69, 9.17) is 0 Å². The molecule has 3 aliphatic carbocycles. The Labute approximate surface area is 166 Å². The SMILES string of the molecule is CC(CC(C(=C1CCC1)c1ccc(C)cc1C)=C(C)C1CCC1)=C1CCC1. The Balaban J connectivity index is 1.82. The van der Waals surface area contributed by atoms with Crippen LogP contribution in [0.1, 0.15) is 94.7 Å². The van der Waals surface area contributed by atoms with Crippen LogP contribution in [-0.4, -0.2) is 0 Å². The summed E-state index contributed by atoms with van der Waals surface area (Å²) in [6, 6.07) is 7.10. The number of hydrogen-bond acceptors (Lipinski definition) is 0. The maximum absolute atomic E-state index is 2.46. The largest absolute Gasteiger partial charge is 0.0709 e. The van der Waals surface area contributed by atoms with E-state index in [-0.39, 0.29) is 0 Å².